The fourth-order valence-electron chi connectivity index (χ4n) is 8.23. The second-order valence-electron chi connectivity index (χ2n) is 13.8. The molecule has 3 heterocycles. The van der Waals surface area contributed by atoms with E-state index in [1.54, 1.807) is 0 Å². The second kappa shape index (κ2) is 12.1. The molecule has 0 aliphatic carbocycles. The Balaban J connectivity index is 1.14. The number of hydrogen-bond donors (Lipinski definition) is 0. The van der Waals surface area contributed by atoms with E-state index < -0.39 is 0 Å². The molecule has 0 saturated heterocycles. The van der Waals surface area contributed by atoms with Crippen LogP contribution in [0.3, 0.4) is 0 Å². The Morgan fingerprint density at radius 1 is 0.296 bits per heavy atom. The molecule has 0 radical (unpaired) electrons. The highest BCUT2D eigenvalue weighted by Gasteiger charge is 2.18. The van der Waals surface area contributed by atoms with E-state index in [1.807, 2.05) is 24.3 Å². The van der Waals surface area contributed by atoms with Crippen LogP contribution in [-0.4, -0.2) is 19.1 Å². The summed E-state index contributed by atoms with van der Waals surface area (Å²) in [6.07, 6.45) is 0. The van der Waals surface area contributed by atoms with Crippen molar-refractivity contribution in [3.05, 3.63) is 194 Å². The lowest BCUT2D eigenvalue weighted by Gasteiger charge is -2.12. The summed E-state index contributed by atoms with van der Waals surface area (Å²) in [4.78, 5) is 10.2. The van der Waals surface area contributed by atoms with E-state index in [4.69, 9.17) is 9.97 Å². The van der Waals surface area contributed by atoms with Crippen LogP contribution < -0.4 is 0 Å². The minimum absolute atomic E-state index is 0.726. The van der Waals surface area contributed by atoms with Gasteiger partial charge in [0.15, 0.2) is 5.82 Å². The van der Waals surface area contributed by atoms with Crippen molar-refractivity contribution in [2.45, 2.75) is 0 Å². The maximum atomic E-state index is 5.16. The molecule has 0 aliphatic heterocycles. The zero-order valence-electron chi connectivity index (χ0n) is 29.3. The number of hydrogen-bond acceptors (Lipinski definition) is 2. The maximum absolute atomic E-state index is 5.16. The Morgan fingerprint density at radius 2 is 0.796 bits per heavy atom. The highest BCUT2D eigenvalue weighted by molar-refractivity contribution is 6.13. The first-order chi connectivity index (χ1) is 26.8. The predicted molar refractivity (Wildman–Crippen MR) is 225 cm³/mol. The van der Waals surface area contributed by atoms with Gasteiger partial charge in [-0.2, -0.15) is 0 Å². The molecular formula is C50H32N4. The monoisotopic (exact) mass is 688 g/mol. The summed E-state index contributed by atoms with van der Waals surface area (Å²) in [5.41, 5.74) is 13.2. The molecule has 0 aliphatic rings. The van der Waals surface area contributed by atoms with Crippen molar-refractivity contribution in [2.75, 3.05) is 0 Å². The van der Waals surface area contributed by atoms with Gasteiger partial charge < -0.3 is 9.13 Å². The third-order valence-corrected chi connectivity index (χ3v) is 10.7. The van der Waals surface area contributed by atoms with Crippen molar-refractivity contribution in [1.82, 2.24) is 19.1 Å². The van der Waals surface area contributed by atoms with Gasteiger partial charge in [-0.25, -0.2) is 9.97 Å². The van der Waals surface area contributed by atoms with Crippen LogP contribution in [0.4, 0.5) is 0 Å². The average Bonchev–Trinajstić information content (AvgIpc) is 3.76. The fourth-order valence-corrected chi connectivity index (χ4v) is 8.23. The van der Waals surface area contributed by atoms with Gasteiger partial charge in [0, 0.05) is 49.4 Å². The molecule has 252 valence electrons. The van der Waals surface area contributed by atoms with E-state index in [9.17, 15) is 0 Å². The first-order valence-corrected chi connectivity index (χ1v) is 18.3. The Hall–Kier alpha value is -7.30. The van der Waals surface area contributed by atoms with Crippen LogP contribution in [0.15, 0.2) is 194 Å². The molecule has 3 aromatic heterocycles. The predicted octanol–water partition coefficient (Wildman–Crippen LogP) is 12.8. The topological polar surface area (TPSA) is 35.6 Å². The van der Waals surface area contributed by atoms with Gasteiger partial charge in [0.25, 0.3) is 0 Å². The van der Waals surface area contributed by atoms with Crippen molar-refractivity contribution in [2.24, 2.45) is 0 Å². The molecule has 0 fully saturated rings. The molecular weight excluding hydrogens is 657 g/mol. The van der Waals surface area contributed by atoms with Gasteiger partial charge in [-0.15, -0.1) is 0 Å². The normalized spacial score (nSPS) is 11.7. The fraction of sp³-hybridized carbons (Fsp3) is 0. The van der Waals surface area contributed by atoms with E-state index in [-0.39, 0.29) is 0 Å². The Kier molecular flexibility index (Phi) is 6.82. The molecule has 0 saturated carbocycles. The summed E-state index contributed by atoms with van der Waals surface area (Å²) >= 11 is 0. The van der Waals surface area contributed by atoms with Crippen LogP contribution in [0.2, 0.25) is 0 Å². The molecule has 54 heavy (non-hydrogen) atoms. The van der Waals surface area contributed by atoms with Crippen LogP contribution in [-0.2, 0) is 0 Å². The summed E-state index contributed by atoms with van der Waals surface area (Å²) in [7, 11) is 0. The van der Waals surface area contributed by atoms with Crippen molar-refractivity contribution in [3.8, 4) is 45.1 Å². The minimum Gasteiger partial charge on any atom is -0.309 e. The smallest absolute Gasteiger partial charge is 0.160 e. The van der Waals surface area contributed by atoms with E-state index in [0.29, 0.717) is 0 Å². The standard InChI is InChI=1S/C50H32N4/c1-4-14-33(15-5-1)49-43-31-35(24-27-44(43)51-50(52-49)34-16-6-2-7-17-34)36-25-28-47-41(30-36)42-32-38(26-29-48(42)53(47)37-18-8-3-9-19-37)54-45-22-12-10-20-39(45)40-21-11-13-23-46(40)54/h1-32H. The largest absolute Gasteiger partial charge is 0.309 e. The molecule has 11 rings (SSSR count). The van der Waals surface area contributed by atoms with Gasteiger partial charge in [0.2, 0.25) is 0 Å². The highest BCUT2D eigenvalue weighted by Crippen LogP contribution is 2.39. The van der Waals surface area contributed by atoms with Crippen molar-refractivity contribution >= 4 is 54.5 Å². The van der Waals surface area contributed by atoms with Crippen LogP contribution in [0.25, 0.3) is 99.7 Å². The molecule has 0 N–H and O–H groups in total. The van der Waals surface area contributed by atoms with Crippen LogP contribution in [0.1, 0.15) is 0 Å². The van der Waals surface area contributed by atoms with E-state index >= 15 is 0 Å². The number of aromatic nitrogens is 4. The first-order valence-electron chi connectivity index (χ1n) is 18.3. The van der Waals surface area contributed by atoms with E-state index in [1.165, 1.54) is 43.6 Å². The third kappa shape index (κ3) is 4.78. The number of nitrogens with zero attached hydrogens (tertiary/aromatic N) is 4. The van der Waals surface area contributed by atoms with Crippen molar-refractivity contribution < 1.29 is 0 Å². The highest BCUT2D eigenvalue weighted by atomic mass is 15.0. The zero-order chi connectivity index (χ0) is 35.6. The molecule has 0 amide bonds. The van der Waals surface area contributed by atoms with E-state index in [2.05, 4.69) is 179 Å². The Morgan fingerprint density at radius 3 is 1.48 bits per heavy atom. The summed E-state index contributed by atoms with van der Waals surface area (Å²) in [5, 5.41) is 5.95. The SMILES string of the molecule is c1ccc(-c2nc(-c3ccccc3)c3cc(-c4ccc5c(c4)c4cc(-n6c7ccccc7c7ccccc76)ccc4n5-c4ccccc4)ccc3n2)cc1. The zero-order valence-corrected chi connectivity index (χ0v) is 29.3. The number of fused-ring (bicyclic) bond motifs is 7. The second-order valence-corrected chi connectivity index (χ2v) is 13.8. The van der Waals surface area contributed by atoms with Gasteiger partial charge in [-0.1, -0.05) is 127 Å². The van der Waals surface area contributed by atoms with Gasteiger partial charge >= 0.3 is 0 Å². The summed E-state index contributed by atoms with van der Waals surface area (Å²) < 4.78 is 4.79. The lowest BCUT2D eigenvalue weighted by molar-refractivity contribution is 1.17. The molecule has 0 unspecified atom stereocenters. The molecule has 0 bridgehead atoms. The number of para-hydroxylation sites is 3. The molecule has 11 aromatic rings. The van der Waals surface area contributed by atoms with Crippen LogP contribution in [0.5, 0.6) is 0 Å². The van der Waals surface area contributed by atoms with Gasteiger partial charge in [0.05, 0.1) is 33.3 Å². The Bertz CT molecular complexity index is 3140. The molecule has 8 aromatic carbocycles. The van der Waals surface area contributed by atoms with Crippen LogP contribution in [0, 0.1) is 0 Å². The van der Waals surface area contributed by atoms with Crippen molar-refractivity contribution in [3.63, 3.8) is 0 Å². The maximum Gasteiger partial charge on any atom is 0.160 e. The quantitative estimate of drug-likeness (QED) is 0.180. The number of rotatable bonds is 5. The summed E-state index contributed by atoms with van der Waals surface area (Å²) in [5.74, 6) is 0.726. The third-order valence-electron chi connectivity index (χ3n) is 10.7. The molecule has 0 spiro atoms. The van der Waals surface area contributed by atoms with Crippen molar-refractivity contribution in [1.29, 1.82) is 0 Å². The van der Waals surface area contributed by atoms with Crippen LogP contribution >= 0.6 is 0 Å². The summed E-state index contributed by atoms with van der Waals surface area (Å²) in [6, 6.07) is 69.1. The average molecular weight is 689 g/mol. The summed E-state index contributed by atoms with van der Waals surface area (Å²) in [6.45, 7) is 0. The van der Waals surface area contributed by atoms with Gasteiger partial charge in [0.1, 0.15) is 0 Å². The van der Waals surface area contributed by atoms with Gasteiger partial charge in [-0.05, 0) is 77.9 Å². The number of benzene rings is 8. The molecule has 0 atom stereocenters. The Labute approximate surface area is 311 Å². The minimum atomic E-state index is 0.726. The van der Waals surface area contributed by atoms with E-state index in [0.717, 1.165) is 56.0 Å². The lowest BCUT2D eigenvalue weighted by atomic mass is 9.98. The first kappa shape index (κ1) is 30.3. The molecule has 4 heteroatoms. The lowest BCUT2D eigenvalue weighted by Crippen LogP contribution is -1.96. The van der Waals surface area contributed by atoms with Gasteiger partial charge in [-0.3, -0.25) is 0 Å². The molecule has 4 nitrogen and oxygen atoms in total.